The summed E-state index contributed by atoms with van der Waals surface area (Å²) in [5.41, 5.74) is 0.285. The SMILES string of the molecule is CC(C)(C)C(Cn1ccnc1)NC1CCCC1. The van der Waals surface area contributed by atoms with Gasteiger partial charge in [0.15, 0.2) is 0 Å². The van der Waals surface area contributed by atoms with Crippen molar-refractivity contribution in [2.75, 3.05) is 0 Å². The van der Waals surface area contributed by atoms with E-state index in [0.29, 0.717) is 6.04 Å². The Morgan fingerprint density at radius 1 is 1.35 bits per heavy atom. The lowest BCUT2D eigenvalue weighted by molar-refractivity contribution is 0.222. The molecule has 1 aromatic rings. The lowest BCUT2D eigenvalue weighted by atomic mass is 9.86. The summed E-state index contributed by atoms with van der Waals surface area (Å²) >= 11 is 0. The molecular weight excluding hydrogens is 210 g/mol. The monoisotopic (exact) mass is 235 g/mol. The van der Waals surface area contributed by atoms with Gasteiger partial charge in [-0.15, -0.1) is 0 Å². The maximum absolute atomic E-state index is 4.12. The van der Waals surface area contributed by atoms with Crippen molar-refractivity contribution in [1.82, 2.24) is 14.9 Å². The van der Waals surface area contributed by atoms with Gasteiger partial charge in [0.25, 0.3) is 0 Å². The summed E-state index contributed by atoms with van der Waals surface area (Å²) in [5.74, 6) is 0. The zero-order chi connectivity index (χ0) is 12.3. The third-order valence-electron chi connectivity index (χ3n) is 3.79. The summed E-state index contributed by atoms with van der Waals surface area (Å²) in [4.78, 5) is 4.12. The maximum atomic E-state index is 4.12. The molecule has 1 fully saturated rings. The fourth-order valence-electron chi connectivity index (χ4n) is 2.56. The van der Waals surface area contributed by atoms with Crippen molar-refractivity contribution in [2.24, 2.45) is 5.41 Å². The van der Waals surface area contributed by atoms with Crippen LogP contribution in [0.15, 0.2) is 18.7 Å². The van der Waals surface area contributed by atoms with Gasteiger partial charge in [0.05, 0.1) is 6.33 Å². The quantitative estimate of drug-likeness (QED) is 0.869. The first kappa shape index (κ1) is 12.6. The Morgan fingerprint density at radius 2 is 2.06 bits per heavy atom. The minimum Gasteiger partial charge on any atom is -0.336 e. The lowest BCUT2D eigenvalue weighted by Crippen LogP contribution is -2.47. The molecule has 1 N–H and O–H groups in total. The zero-order valence-corrected chi connectivity index (χ0v) is 11.3. The minimum atomic E-state index is 0.285. The first-order chi connectivity index (χ1) is 8.05. The van der Waals surface area contributed by atoms with Crippen molar-refractivity contribution < 1.29 is 0 Å². The number of rotatable bonds is 4. The Morgan fingerprint density at radius 3 is 2.59 bits per heavy atom. The smallest absolute Gasteiger partial charge is 0.0946 e. The second kappa shape index (κ2) is 5.21. The topological polar surface area (TPSA) is 29.9 Å². The highest BCUT2D eigenvalue weighted by atomic mass is 15.1. The standard InChI is InChI=1S/C14H25N3/c1-14(2,3)13(10-17-9-8-15-11-17)16-12-6-4-5-7-12/h8-9,11-13,16H,4-7,10H2,1-3H3. The first-order valence-corrected chi connectivity index (χ1v) is 6.77. The molecule has 96 valence electrons. The van der Waals surface area contributed by atoms with Crippen LogP contribution < -0.4 is 5.32 Å². The predicted molar refractivity (Wildman–Crippen MR) is 70.9 cm³/mol. The summed E-state index contributed by atoms with van der Waals surface area (Å²) in [5, 5.41) is 3.85. The van der Waals surface area contributed by atoms with Gasteiger partial charge in [0.1, 0.15) is 0 Å². The van der Waals surface area contributed by atoms with Crippen LogP contribution in [0.5, 0.6) is 0 Å². The zero-order valence-electron chi connectivity index (χ0n) is 11.3. The van der Waals surface area contributed by atoms with E-state index in [1.54, 1.807) is 0 Å². The molecule has 0 amide bonds. The molecule has 1 aromatic heterocycles. The highest BCUT2D eigenvalue weighted by Gasteiger charge is 2.28. The third-order valence-corrected chi connectivity index (χ3v) is 3.79. The molecule has 0 aliphatic heterocycles. The molecule has 1 aliphatic carbocycles. The molecule has 3 nitrogen and oxygen atoms in total. The number of hydrogen-bond acceptors (Lipinski definition) is 2. The van der Waals surface area contributed by atoms with Crippen molar-refractivity contribution in [3.63, 3.8) is 0 Å². The van der Waals surface area contributed by atoms with E-state index in [4.69, 9.17) is 0 Å². The molecule has 0 bridgehead atoms. The number of hydrogen-bond donors (Lipinski definition) is 1. The van der Waals surface area contributed by atoms with Crippen molar-refractivity contribution >= 4 is 0 Å². The van der Waals surface area contributed by atoms with Crippen LogP contribution in [-0.2, 0) is 6.54 Å². The van der Waals surface area contributed by atoms with Crippen LogP contribution in [0.4, 0.5) is 0 Å². The second-order valence-electron chi connectivity index (χ2n) is 6.33. The molecule has 0 radical (unpaired) electrons. The van der Waals surface area contributed by atoms with Gasteiger partial charge in [-0.1, -0.05) is 33.6 Å². The van der Waals surface area contributed by atoms with E-state index in [0.717, 1.165) is 12.6 Å². The molecular formula is C14H25N3. The third kappa shape index (κ3) is 3.56. The van der Waals surface area contributed by atoms with Crippen molar-refractivity contribution in [3.05, 3.63) is 18.7 Å². The van der Waals surface area contributed by atoms with Crippen molar-refractivity contribution in [2.45, 2.75) is 65.1 Å². The lowest BCUT2D eigenvalue weighted by Gasteiger charge is -2.34. The van der Waals surface area contributed by atoms with Crippen LogP contribution in [-0.4, -0.2) is 21.6 Å². The number of nitrogens with one attached hydrogen (secondary N) is 1. The van der Waals surface area contributed by atoms with Gasteiger partial charge in [-0.25, -0.2) is 4.98 Å². The van der Waals surface area contributed by atoms with Gasteiger partial charge >= 0.3 is 0 Å². The van der Waals surface area contributed by atoms with Crippen molar-refractivity contribution in [1.29, 1.82) is 0 Å². The fraction of sp³-hybridized carbons (Fsp3) is 0.786. The molecule has 0 saturated heterocycles. The van der Waals surface area contributed by atoms with Gasteiger partial charge in [-0.2, -0.15) is 0 Å². The average Bonchev–Trinajstić information content (AvgIpc) is 2.87. The van der Waals surface area contributed by atoms with Crippen LogP contribution >= 0.6 is 0 Å². The Hall–Kier alpha value is -0.830. The fourth-order valence-corrected chi connectivity index (χ4v) is 2.56. The molecule has 1 aliphatic rings. The first-order valence-electron chi connectivity index (χ1n) is 6.77. The molecule has 17 heavy (non-hydrogen) atoms. The molecule has 0 aromatic carbocycles. The summed E-state index contributed by atoms with van der Waals surface area (Å²) in [6, 6.07) is 1.24. The van der Waals surface area contributed by atoms with Gasteiger partial charge in [-0.05, 0) is 18.3 Å². The van der Waals surface area contributed by atoms with E-state index < -0.39 is 0 Å². The minimum absolute atomic E-state index is 0.285. The normalized spacial score (nSPS) is 19.7. The highest BCUT2D eigenvalue weighted by Crippen LogP contribution is 2.25. The Labute approximate surface area is 105 Å². The highest BCUT2D eigenvalue weighted by molar-refractivity contribution is 4.88. The van der Waals surface area contributed by atoms with Crippen LogP contribution in [0.3, 0.4) is 0 Å². The maximum Gasteiger partial charge on any atom is 0.0946 e. The second-order valence-corrected chi connectivity index (χ2v) is 6.33. The Bertz CT molecular complexity index is 318. The van der Waals surface area contributed by atoms with Crippen molar-refractivity contribution in [3.8, 4) is 0 Å². The van der Waals surface area contributed by atoms with E-state index in [1.807, 2.05) is 12.5 Å². The van der Waals surface area contributed by atoms with Crippen LogP contribution in [0.25, 0.3) is 0 Å². The van der Waals surface area contributed by atoms with Crippen LogP contribution in [0, 0.1) is 5.41 Å². The molecule has 1 heterocycles. The summed E-state index contributed by atoms with van der Waals surface area (Å²) in [7, 11) is 0. The predicted octanol–water partition coefficient (Wildman–Crippen LogP) is 2.83. The molecule has 1 atom stereocenters. The summed E-state index contributed by atoms with van der Waals surface area (Å²) < 4.78 is 2.18. The van der Waals surface area contributed by atoms with E-state index >= 15 is 0 Å². The van der Waals surface area contributed by atoms with Gasteiger partial charge in [0.2, 0.25) is 0 Å². The van der Waals surface area contributed by atoms with Gasteiger partial charge < -0.3 is 9.88 Å². The average molecular weight is 235 g/mol. The van der Waals surface area contributed by atoms with Gasteiger partial charge in [0, 0.05) is 31.0 Å². The molecule has 0 spiro atoms. The summed E-state index contributed by atoms with van der Waals surface area (Å²) in [6.07, 6.45) is 11.3. The van der Waals surface area contributed by atoms with E-state index in [2.05, 4.69) is 41.8 Å². The van der Waals surface area contributed by atoms with E-state index in [9.17, 15) is 0 Å². The molecule has 1 saturated carbocycles. The largest absolute Gasteiger partial charge is 0.336 e. The number of aromatic nitrogens is 2. The van der Waals surface area contributed by atoms with E-state index in [1.165, 1.54) is 25.7 Å². The van der Waals surface area contributed by atoms with Crippen LogP contribution in [0.2, 0.25) is 0 Å². The van der Waals surface area contributed by atoms with Gasteiger partial charge in [-0.3, -0.25) is 0 Å². The number of nitrogens with zero attached hydrogens (tertiary/aromatic N) is 2. The number of imidazole rings is 1. The molecule has 3 heteroatoms. The molecule has 1 unspecified atom stereocenters. The Kier molecular flexibility index (Phi) is 3.87. The van der Waals surface area contributed by atoms with Crippen LogP contribution in [0.1, 0.15) is 46.5 Å². The molecule has 2 rings (SSSR count). The Balaban J connectivity index is 1.97. The summed E-state index contributed by atoms with van der Waals surface area (Å²) in [6.45, 7) is 7.96. The van der Waals surface area contributed by atoms with E-state index in [-0.39, 0.29) is 5.41 Å².